The molecule has 0 bridgehead atoms. The van der Waals surface area contributed by atoms with Gasteiger partial charge in [0.2, 0.25) is 0 Å². The molecule has 3 N–H and O–H groups in total. The topological polar surface area (TPSA) is 69.6 Å². The van der Waals surface area contributed by atoms with Crippen LogP contribution in [-0.2, 0) is 0 Å². The van der Waals surface area contributed by atoms with Crippen LogP contribution in [0.15, 0.2) is 42.5 Å². The maximum atomic E-state index is 13.3. The van der Waals surface area contributed by atoms with Gasteiger partial charge >= 0.3 is 7.12 Å². The first-order valence-corrected chi connectivity index (χ1v) is 6.07. The summed E-state index contributed by atoms with van der Waals surface area (Å²) in [5.41, 5.74) is 0.247. The van der Waals surface area contributed by atoms with E-state index >= 15 is 0 Å². The summed E-state index contributed by atoms with van der Waals surface area (Å²) in [5, 5.41) is 20.9. The quantitative estimate of drug-likeness (QED) is 0.750. The minimum Gasteiger partial charge on any atom is -0.423 e. The van der Waals surface area contributed by atoms with Gasteiger partial charge in [-0.05, 0) is 35.8 Å². The van der Waals surface area contributed by atoms with Crippen molar-refractivity contribution in [2.75, 3.05) is 5.32 Å². The molecule has 0 aliphatic carbocycles. The number of anilines is 1. The van der Waals surface area contributed by atoms with E-state index in [2.05, 4.69) is 5.32 Å². The first kappa shape index (κ1) is 14.5. The largest absolute Gasteiger partial charge is 0.488 e. The van der Waals surface area contributed by atoms with Gasteiger partial charge in [-0.3, -0.25) is 4.79 Å². The van der Waals surface area contributed by atoms with Crippen molar-refractivity contribution in [1.29, 1.82) is 0 Å². The predicted molar refractivity (Wildman–Crippen MR) is 75.6 cm³/mol. The molecular weight excluding hydrogens is 283 g/mol. The lowest BCUT2D eigenvalue weighted by atomic mass is 9.79. The van der Waals surface area contributed by atoms with Crippen molar-refractivity contribution in [3.63, 3.8) is 0 Å². The van der Waals surface area contributed by atoms with Crippen molar-refractivity contribution in [2.24, 2.45) is 0 Å². The Morgan fingerprint density at radius 2 is 1.90 bits per heavy atom. The van der Waals surface area contributed by atoms with Gasteiger partial charge in [-0.25, -0.2) is 4.39 Å². The molecule has 0 spiro atoms. The molecule has 0 saturated carbocycles. The Labute approximate surface area is 120 Å². The molecule has 102 valence electrons. The highest BCUT2D eigenvalue weighted by Crippen LogP contribution is 2.21. The van der Waals surface area contributed by atoms with E-state index in [0.717, 1.165) is 12.1 Å². The first-order chi connectivity index (χ1) is 9.47. The number of para-hydroxylation sites is 1. The third kappa shape index (κ3) is 3.36. The highest BCUT2D eigenvalue weighted by Gasteiger charge is 2.16. The van der Waals surface area contributed by atoms with Gasteiger partial charge in [0.15, 0.2) is 0 Å². The average Bonchev–Trinajstić information content (AvgIpc) is 2.40. The van der Waals surface area contributed by atoms with Gasteiger partial charge < -0.3 is 15.4 Å². The minimum atomic E-state index is -1.85. The number of rotatable bonds is 3. The number of halogens is 2. The molecule has 1 amide bonds. The Bertz CT molecular complexity index is 651. The van der Waals surface area contributed by atoms with Gasteiger partial charge in [-0.2, -0.15) is 0 Å². The van der Waals surface area contributed by atoms with Crippen LogP contribution in [0.3, 0.4) is 0 Å². The molecule has 0 aliphatic heterocycles. The van der Waals surface area contributed by atoms with Gasteiger partial charge in [0.05, 0.1) is 10.7 Å². The van der Waals surface area contributed by atoms with Crippen LogP contribution in [0.1, 0.15) is 10.4 Å². The molecule has 0 atom stereocenters. The van der Waals surface area contributed by atoms with Crippen molar-refractivity contribution in [3.8, 4) is 0 Å². The molecular formula is C13H10BClFNO3. The normalized spacial score (nSPS) is 10.2. The second kappa shape index (κ2) is 6.05. The van der Waals surface area contributed by atoms with Crippen molar-refractivity contribution in [1.82, 2.24) is 0 Å². The maximum Gasteiger partial charge on any atom is 0.488 e. The van der Waals surface area contributed by atoms with Gasteiger partial charge in [-0.15, -0.1) is 0 Å². The fourth-order valence-electron chi connectivity index (χ4n) is 1.65. The Kier molecular flexibility index (Phi) is 4.39. The maximum absolute atomic E-state index is 13.3. The number of carbonyl (C=O) groups is 1. The summed E-state index contributed by atoms with van der Waals surface area (Å²) in [7, 11) is -1.85. The SMILES string of the molecule is O=C(Nc1ccccc1Cl)c1cc(F)cc(B(O)O)c1. The molecule has 2 rings (SSSR count). The molecule has 0 unspecified atom stereocenters. The van der Waals surface area contributed by atoms with Crippen LogP contribution in [0.25, 0.3) is 0 Å². The van der Waals surface area contributed by atoms with Crippen LogP contribution in [0, 0.1) is 5.82 Å². The van der Waals surface area contributed by atoms with Gasteiger partial charge in [0.25, 0.3) is 5.91 Å². The number of hydrogen-bond donors (Lipinski definition) is 3. The molecule has 0 radical (unpaired) electrons. The molecule has 7 heteroatoms. The number of benzene rings is 2. The second-order valence-electron chi connectivity index (χ2n) is 4.08. The molecule has 2 aromatic carbocycles. The molecule has 0 aromatic heterocycles. The summed E-state index contributed by atoms with van der Waals surface area (Å²) < 4.78 is 13.3. The van der Waals surface area contributed by atoms with Crippen molar-refractivity contribution < 1.29 is 19.2 Å². The molecule has 0 heterocycles. The molecule has 0 aliphatic rings. The fraction of sp³-hybridized carbons (Fsp3) is 0. The number of amides is 1. The summed E-state index contributed by atoms with van der Waals surface area (Å²) in [5.74, 6) is -1.33. The Morgan fingerprint density at radius 1 is 1.20 bits per heavy atom. The highest BCUT2D eigenvalue weighted by molar-refractivity contribution is 6.58. The van der Waals surface area contributed by atoms with Crippen molar-refractivity contribution >= 4 is 35.8 Å². The van der Waals surface area contributed by atoms with E-state index in [0.29, 0.717) is 10.7 Å². The molecule has 20 heavy (non-hydrogen) atoms. The highest BCUT2D eigenvalue weighted by atomic mass is 35.5. The summed E-state index contributed by atoms with van der Waals surface area (Å²) >= 11 is 5.90. The van der Waals surface area contributed by atoms with Crippen LogP contribution in [0.2, 0.25) is 5.02 Å². The zero-order chi connectivity index (χ0) is 14.7. The molecule has 0 fully saturated rings. The van der Waals surface area contributed by atoms with E-state index in [1.807, 2.05) is 0 Å². The molecule has 0 saturated heterocycles. The summed E-state index contributed by atoms with van der Waals surface area (Å²) in [6.45, 7) is 0. The number of carbonyl (C=O) groups excluding carboxylic acids is 1. The second-order valence-corrected chi connectivity index (χ2v) is 4.49. The Hall–Kier alpha value is -1.89. The van der Waals surface area contributed by atoms with E-state index < -0.39 is 18.8 Å². The third-order valence-corrected chi connectivity index (χ3v) is 2.93. The molecule has 2 aromatic rings. The summed E-state index contributed by atoms with van der Waals surface area (Å²) in [6, 6.07) is 9.73. The minimum absolute atomic E-state index is 0.0342. The lowest BCUT2D eigenvalue weighted by Gasteiger charge is -2.08. The van der Waals surface area contributed by atoms with Crippen LogP contribution in [0.5, 0.6) is 0 Å². The lowest BCUT2D eigenvalue weighted by Crippen LogP contribution is -2.31. The van der Waals surface area contributed by atoms with Crippen LogP contribution >= 0.6 is 11.6 Å². The monoisotopic (exact) mass is 293 g/mol. The standard InChI is InChI=1S/C13H10BClFNO3/c15-11-3-1-2-4-12(11)17-13(18)8-5-9(14(19)20)7-10(16)6-8/h1-7,19-20H,(H,17,18). The van der Waals surface area contributed by atoms with Crippen LogP contribution in [-0.4, -0.2) is 23.1 Å². The lowest BCUT2D eigenvalue weighted by molar-refractivity contribution is 0.102. The van der Waals surface area contributed by atoms with Gasteiger partial charge in [0, 0.05) is 5.56 Å². The van der Waals surface area contributed by atoms with E-state index in [1.54, 1.807) is 24.3 Å². The third-order valence-electron chi connectivity index (χ3n) is 2.60. The average molecular weight is 293 g/mol. The predicted octanol–water partition coefficient (Wildman–Crippen LogP) is 1.41. The van der Waals surface area contributed by atoms with Crippen molar-refractivity contribution in [2.45, 2.75) is 0 Å². The zero-order valence-corrected chi connectivity index (χ0v) is 10.9. The molecule has 4 nitrogen and oxygen atoms in total. The van der Waals surface area contributed by atoms with E-state index in [9.17, 15) is 9.18 Å². The zero-order valence-electron chi connectivity index (χ0n) is 10.2. The van der Waals surface area contributed by atoms with E-state index in [4.69, 9.17) is 21.6 Å². The van der Waals surface area contributed by atoms with Crippen molar-refractivity contribution in [3.05, 3.63) is 58.9 Å². The van der Waals surface area contributed by atoms with Gasteiger partial charge in [-0.1, -0.05) is 23.7 Å². The van der Waals surface area contributed by atoms with Gasteiger partial charge in [0.1, 0.15) is 5.82 Å². The van der Waals surface area contributed by atoms with E-state index in [1.165, 1.54) is 6.07 Å². The summed E-state index contributed by atoms with van der Waals surface area (Å²) in [4.78, 5) is 12.0. The first-order valence-electron chi connectivity index (χ1n) is 5.70. The number of hydrogen-bond acceptors (Lipinski definition) is 3. The van der Waals surface area contributed by atoms with E-state index in [-0.39, 0.29) is 11.0 Å². The fourth-order valence-corrected chi connectivity index (χ4v) is 1.83. The van der Waals surface area contributed by atoms with Crippen LogP contribution in [0.4, 0.5) is 10.1 Å². The Morgan fingerprint density at radius 3 is 2.55 bits per heavy atom. The Balaban J connectivity index is 2.28. The smallest absolute Gasteiger partial charge is 0.423 e. The van der Waals surface area contributed by atoms with Crippen LogP contribution < -0.4 is 10.8 Å². The number of nitrogens with one attached hydrogen (secondary N) is 1. The summed E-state index contributed by atoms with van der Waals surface area (Å²) in [6.07, 6.45) is 0.